The maximum atomic E-state index is 14.1. The molecule has 0 aromatic heterocycles. The highest BCUT2D eigenvalue weighted by Gasteiger charge is 2.55. The highest BCUT2D eigenvalue weighted by atomic mass is 16.6. The third-order valence-corrected chi connectivity index (χ3v) is 9.07. The molecule has 4 aliphatic rings. The minimum Gasteiger partial charge on any atom is -0.271 e. The van der Waals surface area contributed by atoms with E-state index in [0.29, 0.717) is 0 Å². The van der Waals surface area contributed by atoms with Crippen molar-refractivity contribution in [2.75, 3.05) is 11.4 Å². The van der Waals surface area contributed by atoms with Gasteiger partial charge in [-0.15, -0.1) is 0 Å². The monoisotopic (exact) mass is 617 g/mol. The number of hydrogen-bond donors (Lipinski definition) is 0. The molecule has 0 spiro atoms. The zero-order chi connectivity index (χ0) is 32.1. The van der Waals surface area contributed by atoms with Crippen molar-refractivity contribution in [1.82, 2.24) is 10.0 Å². The van der Waals surface area contributed by atoms with Crippen molar-refractivity contribution in [2.45, 2.75) is 51.2 Å². The smallest absolute Gasteiger partial charge is 0.269 e. The number of hydrogen-bond acceptors (Lipinski definition) is 9. The molecule has 1 saturated carbocycles. The zero-order valence-electron chi connectivity index (χ0n) is 25.3. The number of nitrogens with zero attached hydrogens (tertiary/aromatic N) is 7. The fraction of sp³-hybridized carbons (Fsp3) is 0.294. The number of nitro groups is 1. The van der Waals surface area contributed by atoms with E-state index < -0.39 is 28.8 Å². The first-order chi connectivity index (χ1) is 22.2. The Balaban J connectivity index is 1.17. The van der Waals surface area contributed by atoms with E-state index in [-0.39, 0.29) is 35.8 Å². The summed E-state index contributed by atoms with van der Waals surface area (Å²) >= 11 is 0. The van der Waals surface area contributed by atoms with Gasteiger partial charge in [0.05, 0.1) is 22.4 Å². The summed E-state index contributed by atoms with van der Waals surface area (Å²) in [5, 5.41) is 26.9. The number of benzene rings is 3. The summed E-state index contributed by atoms with van der Waals surface area (Å²) in [6, 6.07) is 19.0. The fourth-order valence-corrected chi connectivity index (χ4v) is 6.71. The van der Waals surface area contributed by atoms with Crippen molar-refractivity contribution in [2.24, 2.45) is 21.4 Å². The highest BCUT2D eigenvalue weighted by Crippen LogP contribution is 2.45. The zero-order valence-corrected chi connectivity index (χ0v) is 25.3. The Kier molecular flexibility index (Phi) is 7.26. The number of fused-ring (bicyclic) bond motifs is 2. The van der Waals surface area contributed by atoms with Crippen LogP contribution in [0.15, 0.2) is 93.8 Å². The summed E-state index contributed by atoms with van der Waals surface area (Å²) < 4.78 is 0. The van der Waals surface area contributed by atoms with Crippen LogP contribution in [0.3, 0.4) is 0 Å². The van der Waals surface area contributed by atoms with Crippen molar-refractivity contribution in [1.29, 1.82) is 0 Å². The lowest BCUT2D eigenvalue weighted by atomic mass is 9.77. The van der Waals surface area contributed by atoms with E-state index in [2.05, 4.69) is 47.6 Å². The van der Waals surface area contributed by atoms with Gasteiger partial charge in [0.25, 0.3) is 23.4 Å². The Bertz CT molecular complexity index is 1830. The Labute approximate surface area is 264 Å². The molecule has 3 heterocycles. The summed E-state index contributed by atoms with van der Waals surface area (Å²) in [4.78, 5) is 52.3. The number of carbonyl (C=O) groups is 3. The number of carbonyl (C=O) groups excluding carboxylic acids is 3. The van der Waals surface area contributed by atoms with Crippen LogP contribution >= 0.6 is 0 Å². The lowest BCUT2D eigenvalue weighted by molar-refractivity contribution is -0.384. The van der Waals surface area contributed by atoms with Crippen LogP contribution in [-0.4, -0.2) is 57.0 Å². The molecule has 0 unspecified atom stereocenters. The Morgan fingerprint density at radius 1 is 0.935 bits per heavy atom. The van der Waals surface area contributed by atoms with Gasteiger partial charge in [0, 0.05) is 18.1 Å². The molecular formula is C34H31N7O5. The van der Waals surface area contributed by atoms with E-state index in [9.17, 15) is 24.5 Å². The summed E-state index contributed by atoms with van der Waals surface area (Å²) in [6.07, 6.45) is 4.84. The molecule has 0 bridgehead atoms. The van der Waals surface area contributed by atoms with E-state index in [0.717, 1.165) is 52.1 Å². The lowest BCUT2D eigenvalue weighted by Gasteiger charge is -2.30. The Morgan fingerprint density at radius 2 is 1.61 bits per heavy atom. The largest absolute Gasteiger partial charge is 0.271 e. The van der Waals surface area contributed by atoms with E-state index in [4.69, 9.17) is 5.10 Å². The number of nitro benzene ring substituents is 1. The Hall–Kier alpha value is -5.52. The van der Waals surface area contributed by atoms with Crippen molar-refractivity contribution < 1.29 is 19.3 Å². The number of aryl methyl sites for hydroxylation is 2. The van der Waals surface area contributed by atoms with E-state index in [1.165, 1.54) is 39.8 Å². The van der Waals surface area contributed by atoms with Crippen LogP contribution in [0.25, 0.3) is 6.08 Å². The van der Waals surface area contributed by atoms with Gasteiger partial charge in [-0.1, -0.05) is 64.9 Å². The van der Waals surface area contributed by atoms with Gasteiger partial charge in [-0.05, 0) is 68.0 Å². The second-order valence-corrected chi connectivity index (χ2v) is 12.1. The SMILES string of the molecule is Cc1ccc(/C=C2\CCC[C@@H]3C2=NN(C(=O)CN2N=N[C@@H]4C(=O)N(c5ccc([N+](=O)[O-])cc5)C(=O)[C@H]42)[C@H]3c2ccc(C)cc2)cc1. The first kappa shape index (κ1) is 29.2. The minimum atomic E-state index is -1.11. The number of anilines is 1. The van der Waals surface area contributed by atoms with Gasteiger partial charge in [-0.2, -0.15) is 10.2 Å². The summed E-state index contributed by atoms with van der Waals surface area (Å²) in [5.41, 5.74) is 6.35. The van der Waals surface area contributed by atoms with E-state index >= 15 is 0 Å². The molecular weight excluding hydrogens is 586 g/mol. The van der Waals surface area contributed by atoms with Crippen LogP contribution in [0.2, 0.25) is 0 Å². The van der Waals surface area contributed by atoms with Gasteiger partial charge in [0.2, 0.25) is 0 Å². The number of hydrazone groups is 1. The van der Waals surface area contributed by atoms with Gasteiger partial charge in [0.1, 0.15) is 6.54 Å². The molecule has 1 saturated heterocycles. The van der Waals surface area contributed by atoms with Crippen LogP contribution < -0.4 is 4.90 Å². The molecule has 12 nitrogen and oxygen atoms in total. The Morgan fingerprint density at radius 3 is 2.28 bits per heavy atom. The van der Waals surface area contributed by atoms with Gasteiger partial charge in [0.15, 0.2) is 12.1 Å². The third-order valence-electron chi connectivity index (χ3n) is 9.07. The van der Waals surface area contributed by atoms with Gasteiger partial charge in [-0.3, -0.25) is 29.5 Å². The van der Waals surface area contributed by atoms with Gasteiger partial charge < -0.3 is 0 Å². The molecule has 232 valence electrons. The number of imide groups is 1. The maximum Gasteiger partial charge on any atom is 0.269 e. The second-order valence-electron chi connectivity index (χ2n) is 12.1. The lowest BCUT2D eigenvalue weighted by Crippen LogP contribution is -2.45. The van der Waals surface area contributed by atoms with E-state index in [1.807, 2.05) is 31.2 Å². The summed E-state index contributed by atoms with van der Waals surface area (Å²) in [7, 11) is 0. The normalized spacial score (nSPS) is 24.4. The molecule has 2 fully saturated rings. The number of non-ortho nitro benzene ring substituents is 1. The molecule has 3 aromatic rings. The minimum absolute atomic E-state index is 0.00243. The second kappa shape index (κ2) is 11.4. The maximum absolute atomic E-state index is 14.1. The average molecular weight is 618 g/mol. The number of amides is 3. The summed E-state index contributed by atoms with van der Waals surface area (Å²) in [5.74, 6) is -1.56. The average Bonchev–Trinajstić information content (AvgIpc) is 3.72. The van der Waals surface area contributed by atoms with E-state index in [1.54, 1.807) is 0 Å². The van der Waals surface area contributed by atoms with Crippen LogP contribution in [0.4, 0.5) is 11.4 Å². The molecule has 3 aromatic carbocycles. The van der Waals surface area contributed by atoms with Gasteiger partial charge >= 0.3 is 0 Å². The van der Waals surface area contributed by atoms with Crippen molar-refractivity contribution in [3.8, 4) is 0 Å². The van der Waals surface area contributed by atoms with Crippen LogP contribution in [0, 0.1) is 29.9 Å². The van der Waals surface area contributed by atoms with Crippen molar-refractivity contribution in [3.63, 3.8) is 0 Å². The molecule has 46 heavy (non-hydrogen) atoms. The molecule has 12 heteroatoms. The fourth-order valence-electron chi connectivity index (χ4n) is 6.71. The molecule has 3 amide bonds. The highest BCUT2D eigenvalue weighted by molar-refractivity contribution is 6.25. The number of rotatable bonds is 6. The number of allylic oxidation sites excluding steroid dienone is 1. The van der Waals surface area contributed by atoms with Crippen LogP contribution in [0.1, 0.15) is 47.6 Å². The topological polar surface area (TPSA) is 141 Å². The predicted octanol–water partition coefficient (Wildman–Crippen LogP) is 5.33. The van der Waals surface area contributed by atoms with Gasteiger partial charge in [-0.25, -0.2) is 9.91 Å². The van der Waals surface area contributed by atoms with Crippen LogP contribution in [0.5, 0.6) is 0 Å². The molecule has 0 radical (unpaired) electrons. The first-order valence-corrected chi connectivity index (χ1v) is 15.2. The standard InChI is InChI=1S/C34H31N7O5/c1-20-6-10-22(11-7-20)18-24-4-3-5-27-29(24)36-40(31(27)23-12-8-21(2)9-13-23)28(42)19-38-32-30(35-37-38)33(43)39(34(32)44)25-14-16-26(17-15-25)41(45)46/h6-18,27,30-32H,3-5,19H2,1-2H3/b24-18+/t27-,30+,31+,32+/m1/s1. The third kappa shape index (κ3) is 5.05. The molecule has 1 aliphatic carbocycles. The quantitative estimate of drug-likeness (QED) is 0.208. The van der Waals surface area contributed by atoms with Crippen LogP contribution in [-0.2, 0) is 14.4 Å². The van der Waals surface area contributed by atoms with Crippen molar-refractivity contribution >= 4 is 40.9 Å². The molecule has 7 rings (SSSR count). The van der Waals surface area contributed by atoms with Crippen molar-refractivity contribution in [3.05, 3.63) is 111 Å². The first-order valence-electron chi connectivity index (χ1n) is 15.2. The molecule has 0 N–H and O–H groups in total. The summed E-state index contributed by atoms with van der Waals surface area (Å²) in [6.45, 7) is 3.76. The predicted molar refractivity (Wildman–Crippen MR) is 169 cm³/mol. The molecule has 4 atom stereocenters. The molecule has 3 aliphatic heterocycles.